The fourth-order valence-corrected chi connectivity index (χ4v) is 2.13. The Morgan fingerprint density at radius 1 is 1.54 bits per heavy atom. The van der Waals surface area contributed by atoms with Crippen molar-refractivity contribution in [2.75, 3.05) is 0 Å². The van der Waals surface area contributed by atoms with Crippen LogP contribution in [0.15, 0.2) is 0 Å². The summed E-state index contributed by atoms with van der Waals surface area (Å²) in [4.78, 5) is 4.34. The maximum Gasteiger partial charge on any atom is 0.135 e. The minimum Gasteiger partial charge on any atom is -0.384 e. The average molecular weight is 201 g/mol. The molecule has 0 bridgehead atoms. The number of rotatable bonds is 1. The molecule has 0 amide bonds. The summed E-state index contributed by atoms with van der Waals surface area (Å²) in [6.45, 7) is 4.34. The lowest BCUT2D eigenvalue weighted by Gasteiger charge is -2.14. The smallest absolute Gasteiger partial charge is 0.135 e. The molecule has 0 aromatic carbocycles. The molecule has 1 aromatic heterocycles. The molecule has 72 valence electrons. The minimum atomic E-state index is -0.936. The van der Waals surface area contributed by atoms with Gasteiger partial charge in [-0.2, -0.15) is 0 Å². The fraction of sp³-hybridized carbons (Fsp3) is 0.667. The molecule has 1 aliphatic rings. The van der Waals surface area contributed by atoms with Gasteiger partial charge in [-0.15, -0.1) is 0 Å². The zero-order valence-electron chi connectivity index (χ0n) is 7.84. The molecule has 0 atom stereocenters. The molecular formula is C9H13ClN2O. The van der Waals surface area contributed by atoms with E-state index in [1.807, 2.05) is 4.57 Å². The van der Waals surface area contributed by atoms with Crippen molar-refractivity contribution in [3.63, 3.8) is 0 Å². The summed E-state index contributed by atoms with van der Waals surface area (Å²) in [7, 11) is 0. The van der Waals surface area contributed by atoms with Crippen LogP contribution in [0.1, 0.15) is 31.8 Å². The van der Waals surface area contributed by atoms with Crippen molar-refractivity contribution in [2.24, 2.45) is 0 Å². The molecule has 0 saturated carbocycles. The number of nitrogens with zero attached hydrogens (tertiary/aromatic N) is 2. The van der Waals surface area contributed by atoms with E-state index < -0.39 is 5.60 Å². The molecule has 0 unspecified atom stereocenters. The fourth-order valence-electron chi connectivity index (χ4n) is 1.68. The summed E-state index contributed by atoms with van der Waals surface area (Å²) in [5.41, 5.74) is -0.335. The van der Waals surface area contributed by atoms with Crippen LogP contribution in [0.25, 0.3) is 0 Å². The van der Waals surface area contributed by atoms with Crippen LogP contribution in [0.4, 0.5) is 0 Å². The summed E-state index contributed by atoms with van der Waals surface area (Å²) in [6, 6.07) is 0. The predicted octanol–water partition coefficient (Wildman–Crippen LogP) is 1.71. The Balaban J connectivity index is 2.51. The number of aryl methyl sites for hydroxylation is 1. The third-order valence-electron chi connectivity index (χ3n) is 2.35. The van der Waals surface area contributed by atoms with Crippen LogP contribution in [0.3, 0.4) is 0 Å². The van der Waals surface area contributed by atoms with E-state index >= 15 is 0 Å². The SMILES string of the molecule is CC(C)(O)c1nc2n(c1Cl)CCC2. The van der Waals surface area contributed by atoms with Crippen LogP contribution < -0.4 is 0 Å². The second-order valence-electron chi connectivity index (χ2n) is 3.98. The molecule has 3 nitrogen and oxygen atoms in total. The molecule has 1 aromatic rings. The highest BCUT2D eigenvalue weighted by Crippen LogP contribution is 2.30. The molecule has 1 aliphatic heterocycles. The predicted molar refractivity (Wildman–Crippen MR) is 50.8 cm³/mol. The van der Waals surface area contributed by atoms with Crippen LogP contribution in [0.5, 0.6) is 0 Å². The Bertz CT molecular complexity index is 338. The van der Waals surface area contributed by atoms with Gasteiger partial charge in [-0.1, -0.05) is 11.6 Å². The van der Waals surface area contributed by atoms with Crippen molar-refractivity contribution in [3.05, 3.63) is 16.7 Å². The normalized spacial score (nSPS) is 16.3. The van der Waals surface area contributed by atoms with Gasteiger partial charge in [0.25, 0.3) is 0 Å². The van der Waals surface area contributed by atoms with Gasteiger partial charge in [-0.25, -0.2) is 4.98 Å². The molecule has 1 N–H and O–H groups in total. The van der Waals surface area contributed by atoms with E-state index in [1.165, 1.54) is 0 Å². The largest absolute Gasteiger partial charge is 0.384 e. The quantitative estimate of drug-likeness (QED) is 0.750. The number of fused-ring (bicyclic) bond motifs is 1. The number of aliphatic hydroxyl groups is 1. The minimum absolute atomic E-state index is 0.597. The van der Waals surface area contributed by atoms with Crippen LogP contribution >= 0.6 is 11.6 Å². The summed E-state index contributed by atoms with van der Waals surface area (Å²) >= 11 is 6.09. The molecule has 0 radical (unpaired) electrons. The van der Waals surface area contributed by atoms with Crippen LogP contribution in [0.2, 0.25) is 5.15 Å². The lowest BCUT2D eigenvalue weighted by atomic mass is 10.1. The second-order valence-corrected chi connectivity index (χ2v) is 4.34. The third-order valence-corrected chi connectivity index (χ3v) is 2.73. The topological polar surface area (TPSA) is 38.1 Å². The van der Waals surface area contributed by atoms with E-state index in [1.54, 1.807) is 13.8 Å². The van der Waals surface area contributed by atoms with Crippen molar-refractivity contribution in [1.29, 1.82) is 0 Å². The number of hydrogen-bond acceptors (Lipinski definition) is 2. The Kier molecular flexibility index (Phi) is 1.89. The van der Waals surface area contributed by atoms with E-state index in [0.29, 0.717) is 10.8 Å². The number of halogens is 1. The van der Waals surface area contributed by atoms with Gasteiger partial charge in [0.05, 0.1) is 0 Å². The van der Waals surface area contributed by atoms with Gasteiger partial charge in [0.1, 0.15) is 22.3 Å². The molecule has 2 rings (SSSR count). The molecule has 13 heavy (non-hydrogen) atoms. The van der Waals surface area contributed by atoms with Gasteiger partial charge in [-0.05, 0) is 20.3 Å². The molecule has 0 fully saturated rings. The maximum atomic E-state index is 9.77. The molecule has 4 heteroatoms. The van der Waals surface area contributed by atoms with E-state index in [0.717, 1.165) is 25.2 Å². The molecule has 0 spiro atoms. The zero-order valence-corrected chi connectivity index (χ0v) is 8.60. The van der Waals surface area contributed by atoms with Gasteiger partial charge < -0.3 is 9.67 Å². The average Bonchev–Trinajstić information content (AvgIpc) is 2.51. The first kappa shape index (κ1) is 9.03. The molecular weight excluding hydrogens is 188 g/mol. The van der Waals surface area contributed by atoms with Crippen molar-refractivity contribution in [3.8, 4) is 0 Å². The molecule has 0 saturated heterocycles. The van der Waals surface area contributed by atoms with Gasteiger partial charge in [-0.3, -0.25) is 0 Å². The third kappa shape index (κ3) is 1.36. The van der Waals surface area contributed by atoms with Crippen molar-refractivity contribution < 1.29 is 5.11 Å². The highest BCUT2D eigenvalue weighted by molar-refractivity contribution is 6.30. The molecule has 0 aliphatic carbocycles. The van der Waals surface area contributed by atoms with E-state index in [9.17, 15) is 5.11 Å². The highest BCUT2D eigenvalue weighted by Gasteiger charge is 2.28. The first-order valence-corrected chi connectivity index (χ1v) is 4.85. The van der Waals surface area contributed by atoms with Crippen molar-refractivity contribution in [2.45, 2.75) is 38.8 Å². The monoisotopic (exact) mass is 200 g/mol. The van der Waals surface area contributed by atoms with Gasteiger partial charge in [0.15, 0.2) is 0 Å². The van der Waals surface area contributed by atoms with E-state index in [-0.39, 0.29) is 0 Å². The van der Waals surface area contributed by atoms with Gasteiger partial charge in [0, 0.05) is 13.0 Å². The summed E-state index contributed by atoms with van der Waals surface area (Å²) in [5.74, 6) is 1.00. The van der Waals surface area contributed by atoms with Gasteiger partial charge in [0.2, 0.25) is 0 Å². The van der Waals surface area contributed by atoms with E-state index in [2.05, 4.69) is 4.98 Å². The number of imidazole rings is 1. The maximum absolute atomic E-state index is 9.77. The molecule has 2 heterocycles. The van der Waals surface area contributed by atoms with Gasteiger partial charge >= 0.3 is 0 Å². The van der Waals surface area contributed by atoms with Crippen LogP contribution in [-0.4, -0.2) is 14.7 Å². The first-order chi connectivity index (χ1) is 6.00. The lowest BCUT2D eigenvalue weighted by molar-refractivity contribution is 0.0741. The second kappa shape index (κ2) is 2.72. The highest BCUT2D eigenvalue weighted by atomic mass is 35.5. The summed E-state index contributed by atoms with van der Waals surface area (Å²) in [6.07, 6.45) is 2.07. The van der Waals surface area contributed by atoms with Crippen LogP contribution in [0, 0.1) is 0 Å². The Morgan fingerprint density at radius 3 is 2.77 bits per heavy atom. The van der Waals surface area contributed by atoms with Crippen molar-refractivity contribution >= 4 is 11.6 Å². The lowest BCUT2D eigenvalue weighted by Crippen LogP contribution is -2.17. The Morgan fingerprint density at radius 2 is 2.23 bits per heavy atom. The summed E-state index contributed by atoms with van der Waals surface area (Å²) < 4.78 is 1.98. The zero-order chi connectivity index (χ0) is 9.64. The van der Waals surface area contributed by atoms with Crippen molar-refractivity contribution in [1.82, 2.24) is 9.55 Å². The Hall–Kier alpha value is -0.540. The van der Waals surface area contributed by atoms with E-state index in [4.69, 9.17) is 11.6 Å². The number of hydrogen-bond donors (Lipinski definition) is 1. The Labute approximate surface area is 82.4 Å². The summed E-state index contributed by atoms with van der Waals surface area (Å²) in [5, 5.41) is 10.4. The van der Waals surface area contributed by atoms with Crippen LogP contribution in [-0.2, 0) is 18.6 Å². The standard InChI is InChI=1S/C9H13ClN2O/c1-9(2,13)7-8(10)12-5-3-4-6(12)11-7/h13H,3-5H2,1-2H3. The number of aromatic nitrogens is 2. The first-order valence-electron chi connectivity index (χ1n) is 4.48.